The van der Waals surface area contributed by atoms with Crippen LogP contribution in [0.25, 0.3) is 0 Å². The molecule has 0 aromatic carbocycles. The maximum Gasteiger partial charge on any atom is 0.264 e. The van der Waals surface area contributed by atoms with Crippen LogP contribution in [-0.4, -0.2) is 31.9 Å². The Hall–Kier alpha value is 0.150. The summed E-state index contributed by atoms with van der Waals surface area (Å²) in [6, 6.07) is 0. The third kappa shape index (κ3) is 3.90. The van der Waals surface area contributed by atoms with Crippen LogP contribution >= 0.6 is 10.7 Å². The molecule has 1 aliphatic carbocycles. The standard InChI is InChI=1S/C7H13ClO5S2/c8-15(12,13)7(4-5-7)3-1-2-6-14(9,10)11/h1-6H2,(H,9,10,11). The van der Waals surface area contributed by atoms with E-state index in [4.69, 9.17) is 15.2 Å². The largest absolute Gasteiger partial charge is 0.286 e. The minimum Gasteiger partial charge on any atom is -0.286 e. The van der Waals surface area contributed by atoms with Crippen molar-refractivity contribution in [2.75, 3.05) is 5.75 Å². The Kier molecular flexibility index (Phi) is 3.70. The first-order valence-corrected chi connectivity index (χ1v) is 8.48. The Morgan fingerprint density at radius 1 is 1.13 bits per heavy atom. The number of hydrogen-bond donors (Lipinski definition) is 1. The molecule has 0 saturated heterocycles. The van der Waals surface area contributed by atoms with Crippen LogP contribution in [-0.2, 0) is 19.2 Å². The van der Waals surface area contributed by atoms with Crippen molar-refractivity contribution in [3.8, 4) is 0 Å². The fourth-order valence-corrected chi connectivity index (χ4v) is 3.73. The van der Waals surface area contributed by atoms with Gasteiger partial charge in [-0.15, -0.1) is 0 Å². The smallest absolute Gasteiger partial charge is 0.264 e. The molecule has 0 aliphatic heterocycles. The molecular weight excluding hydrogens is 264 g/mol. The predicted octanol–water partition coefficient (Wildman–Crippen LogP) is 1.15. The van der Waals surface area contributed by atoms with Gasteiger partial charge in [0, 0.05) is 10.7 Å². The molecule has 0 bridgehead atoms. The Bertz CT molecular complexity index is 420. The van der Waals surface area contributed by atoms with E-state index in [-0.39, 0.29) is 12.2 Å². The predicted molar refractivity (Wildman–Crippen MR) is 57.0 cm³/mol. The molecule has 15 heavy (non-hydrogen) atoms. The lowest BCUT2D eigenvalue weighted by atomic mass is 10.2. The van der Waals surface area contributed by atoms with Gasteiger partial charge in [-0.25, -0.2) is 8.42 Å². The molecule has 0 aromatic rings. The molecule has 0 spiro atoms. The maximum absolute atomic E-state index is 11.1. The lowest BCUT2D eigenvalue weighted by Crippen LogP contribution is -2.18. The number of hydrogen-bond acceptors (Lipinski definition) is 4. The molecule has 1 fully saturated rings. The monoisotopic (exact) mass is 276 g/mol. The van der Waals surface area contributed by atoms with Crippen molar-refractivity contribution in [2.45, 2.75) is 36.9 Å². The minimum absolute atomic E-state index is 0.257. The first kappa shape index (κ1) is 13.2. The summed E-state index contributed by atoms with van der Waals surface area (Å²) in [4.78, 5) is 0. The molecule has 5 nitrogen and oxygen atoms in total. The van der Waals surface area contributed by atoms with Crippen LogP contribution in [0, 0.1) is 0 Å². The van der Waals surface area contributed by atoms with Crippen LogP contribution in [0.2, 0.25) is 0 Å². The van der Waals surface area contributed by atoms with E-state index in [0.717, 1.165) is 0 Å². The Morgan fingerprint density at radius 3 is 2.00 bits per heavy atom. The molecular formula is C7H13ClO5S2. The van der Waals surface area contributed by atoms with Crippen LogP contribution < -0.4 is 0 Å². The van der Waals surface area contributed by atoms with E-state index in [2.05, 4.69) is 0 Å². The van der Waals surface area contributed by atoms with E-state index in [9.17, 15) is 16.8 Å². The van der Waals surface area contributed by atoms with Gasteiger partial charge in [-0.05, 0) is 25.7 Å². The summed E-state index contributed by atoms with van der Waals surface area (Å²) in [5.74, 6) is -0.328. The Morgan fingerprint density at radius 2 is 1.67 bits per heavy atom. The first-order chi connectivity index (χ1) is 6.66. The van der Waals surface area contributed by atoms with Gasteiger partial charge in [-0.2, -0.15) is 8.42 Å². The topological polar surface area (TPSA) is 88.5 Å². The van der Waals surface area contributed by atoms with Gasteiger partial charge in [-0.1, -0.05) is 6.42 Å². The van der Waals surface area contributed by atoms with Gasteiger partial charge in [-0.3, -0.25) is 4.55 Å². The third-order valence-electron chi connectivity index (χ3n) is 2.61. The highest BCUT2D eigenvalue weighted by Gasteiger charge is 2.52. The van der Waals surface area contributed by atoms with Crippen molar-refractivity contribution < 1.29 is 21.4 Å². The fourth-order valence-electron chi connectivity index (χ4n) is 1.49. The highest BCUT2D eigenvalue weighted by atomic mass is 35.7. The van der Waals surface area contributed by atoms with Crippen molar-refractivity contribution in [1.29, 1.82) is 0 Å². The molecule has 90 valence electrons. The van der Waals surface area contributed by atoms with E-state index in [1.807, 2.05) is 0 Å². The van der Waals surface area contributed by atoms with Crippen molar-refractivity contribution in [2.24, 2.45) is 0 Å². The van der Waals surface area contributed by atoms with Crippen LogP contribution in [0.4, 0.5) is 0 Å². The van der Waals surface area contributed by atoms with Gasteiger partial charge < -0.3 is 0 Å². The summed E-state index contributed by atoms with van der Waals surface area (Å²) in [6.45, 7) is 0. The third-order valence-corrected chi connectivity index (χ3v) is 6.04. The highest BCUT2D eigenvalue weighted by Crippen LogP contribution is 2.49. The molecule has 1 aliphatic rings. The number of halogens is 1. The molecule has 0 unspecified atom stereocenters. The fraction of sp³-hybridized carbons (Fsp3) is 1.00. The van der Waals surface area contributed by atoms with Crippen molar-refractivity contribution in [3.05, 3.63) is 0 Å². The SMILES string of the molecule is O=S(=O)(O)CCCCC1(S(=O)(=O)Cl)CC1. The second kappa shape index (κ2) is 4.20. The lowest BCUT2D eigenvalue weighted by Gasteiger charge is -2.09. The summed E-state index contributed by atoms with van der Waals surface area (Å²) in [6.07, 6.45) is 2.16. The zero-order valence-electron chi connectivity index (χ0n) is 8.02. The Balaban J connectivity index is 2.34. The van der Waals surface area contributed by atoms with Gasteiger partial charge in [0.1, 0.15) is 0 Å². The summed E-state index contributed by atoms with van der Waals surface area (Å²) in [7, 11) is -2.23. The second-order valence-electron chi connectivity index (χ2n) is 3.86. The molecule has 0 amide bonds. The number of rotatable bonds is 6. The van der Waals surface area contributed by atoms with Gasteiger partial charge in [0.15, 0.2) is 0 Å². The molecule has 0 atom stereocenters. The molecule has 0 aromatic heterocycles. The van der Waals surface area contributed by atoms with Crippen molar-refractivity contribution in [1.82, 2.24) is 0 Å². The second-order valence-corrected chi connectivity index (χ2v) is 8.40. The van der Waals surface area contributed by atoms with Gasteiger partial charge in [0.25, 0.3) is 10.1 Å². The molecule has 0 heterocycles. The van der Waals surface area contributed by atoms with E-state index < -0.39 is 23.9 Å². The zero-order valence-corrected chi connectivity index (χ0v) is 10.4. The molecule has 1 N–H and O–H groups in total. The zero-order chi connectivity index (χ0) is 11.7. The van der Waals surface area contributed by atoms with Crippen molar-refractivity contribution in [3.63, 3.8) is 0 Å². The summed E-state index contributed by atoms with van der Waals surface area (Å²) in [5.41, 5.74) is 0. The maximum atomic E-state index is 11.1. The molecule has 0 radical (unpaired) electrons. The average molecular weight is 277 g/mol. The van der Waals surface area contributed by atoms with Gasteiger partial charge in [0.05, 0.1) is 10.5 Å². The van der Waals surface area contributed by atoms with Crippen LogP contribution in [0.3, 0.4) is 0 Å². The van der Waals surface area contributed by atoms with Crippen LogP contribution in [0.15, 0.2) is 0 Å². The molecule has 8 heteroatoms. The first-order valence-electron chi connectivity index (χ1n) is 4.56. The van der Waals surface area contributed by atoms with Crippen LogP contribution in [0.1, 0.15) is 32.1 Å². The van der Waals surface area contributed by atoms with Crippen LogP contribution in [0.5, 0.6) is 0 Å². The highest BCUT2D eigenvalue weighted by molar-refractivity contribution is 8.15. The summed E-state index contributed by atoms with van der Waals surface area (Å²) >= 11 is 0. The lowest BCUT2D eigenvalue weighted by molar-refractivity contribution is 0.479. The molecule has 1 saturated carbocycles. The summed E-state index contributed by atoms with van der Waals surface area (Å²) < 4.78 is 50.6. The van der Waals surface area contributed by atoms with E-state index in [1.165, 1.54) is 0 Å². The van der Waals surface area contributed by atoms with E-state index in [1.54, 1.807) is 0 Å². The number of unbranched alkanes of at least 4 members (excludes halogenated alkanes) is 1. The summed E-state index contributed by atoms with van der Waals surface area (Å²) in [5, 5.41) is 0. The van der Waals surface area contributed by atoms with Gasteiger partial charge >= 0.3 is 0 Å². The average Bonchev–Trinajstić information content (AvgIpc) is 2.75. The quantitative estimate of drug-likeness (QED) is 0.446. The van der Waals surface area contributed by atoms with E-state index >= 15 is 0 Å². The normalized spacial score (nSPS) is 20.1. The minimum atomic E-state index is -3.94. The molecule has 1 rings (SSSR count). The van der Waals surface area contributed by atoms with Gasteiger partial charge in [0.2, 0.25) is 9.05 Å². The van der Waals surface area contributed by atoms with E-state index in [0.29, 0.717) is 25.7 Å². The van der Waals surface area contributed by atoms with Crippen molar-refractivity contribution >= 4 is 29.9 Å². The Labute approximate surface area is 94.0 Å².